The van der Waals surface area contributed by atoms with Crippen molar-refractivity contribution in [2.24, 2.45) is 0 Å². The number of anilines is 2. The summed E-state index contributed by atoms with van der Waals surface area (Å²) < 4.78 is 0. The van der Waals surface area contributed by atoms with E-state index in [1.165, 1.54) is 0 Å². The van der Waals surface area contributed by atoms with Crippen molar-refractivity contribution in [3.63, 3.8) is 0 Å². The fraction of sp³-hybridized carbons (Fsp3) is 0.417. The maximum atomic E-state index is 10.2. The zero-order chi connectivity index (χ0) is 11.4. The van der Waals surface area contributed by atoms with E-state index in [9.17, 15) is 9.90 Å². The first-order chi connectivity index (χ1) is 7.79. The van der Waals surface area contributed by atoms with E-state index in [1.807, 2.05) is 24.3 Å². The smallest absolute Gasteiger partial charge is 0.211 e. The molecule has 1 amide bonds. The molecular formula is C12H16N2O2. The topological polar surface area (TPSA) is 52.6 Å². The number of carbonyl (C=O) groups is 1. The number of benzene rings is 1. The Bertz CT molecular complexity index is 343. The van der Waals surface area contributed by atoms with Crippen LogP contribution in [0.4, 0.5) is 11.4 Å². The molecule has 1 aromatic carbocycles. The van der Waals surface area contributed by atoms with Crippen molar-refractivity contribution >= 4 is 17.8 Å². The highest BCUT2D eigenvalue weighted by Crippen LogP contribution is 2.21. The predicted molar refractivity (Wildman–Crippen MR) is 63.6 cm³/mol. The molecule has 2 rings (SSSR count). The van der Waals surface area contributed by atoms with Crippen LogP contribution in [-0.4, -0.2) is 30.7 Å². The molecule has 0 aliphatic carbocycles. The summed E-state index contributed by atoms with van der Waals surface area (Å²) in [4.78, 5) is 12.5. The molecule has 0 unspecified atom stereocenters. The van der Waals surface area contributed by atoms with E-state index in [0.717, 1.165) is 37.3 Å². The summed E-state index contributed by atoms with van der Waals surface area (Å²) in [6, 6.07) is 7.75. The number of rotatable bonds is 3. The van der Waals surface area contributed by atoms with E-state index in [0.29, 0.717) is 6.41 Å². The summed E-state index contributed by atoms with van der Waals surface area (Å²) >= 11 is 0. The first kappa shape index (κ1) is 11.0. The Balaban J connectivity index is 2.01. The highest BCUT2D eigenvalue weighted by atomic mass is 16.3. The average Bonchev–Trinajstić information content (AvgIpc) is 2.32. The molecule has 0 atom stereocenters. The molecule has 0 spiro atoms. The Morgan fingerprint density at radius 2 is 1.88 bits per heavy atom. The van der Waals surface area contributed by atoms with Crippen molar-refractivity contribution in [2.75, 3.05) is 23.3 Å². The van der Waals surface area contributed by atoms with Gasteiger partial charge in [0.2, 0.25) is 6.41 Å². The highest BCUT2D eigenvalue weighted by molar-refractivity contribution is 5.72. The maximum absolute atomic E-state index is 10.2. The van der Waals surface area contributed by atoms with Crippen LogP contribution in [0.15, 0.2) is 24.3 Å². The largest absolute Gasteiger partial charge is 0.393 e. The number of carbonyl (C=O) groups excluding carboxylic acids is 1. The van der Waals surface area contributed by atoms with Crippen molar-refractivity contribution in [2.45, 2.75) is 18.9 Å². The van der Waals surface area contributed by atoms with Crippen LogP contribution in [0, 0.1) is 0 Å². The minimum atomic E-state index is -0.146. The van der Waals surface area contributed by atoms with E-state index in [-0.39, 0.29) is 6.10 Å². The second-order valence-corrected chi connectivity index (χ2v) is 4.03. The van der Waals surface area contributed by atoms with Crippen molar-refractivity contribution < 1.29 is 9.90 Å². The third-order valence-corrected chi connectivity index (χ3v) is 2.92. The van der Waals surface area contributed by atoms with Crippen molar-refractivity contribution in [3.05, 3.63) is 24.3 Å². The molecule has 4 nitrogen and oxygen atoms in total. The normalized spacial score (nSPS) is 17.2. The van der Waals surface area contributed by atoms with Crippen LogP contribution < -0.4 is 10.2 Å². The van der Waals surface area contributed by atoms with Crippen LogP contribution in [0.2, 0.25) is 0 Å². The first-order valence-electron chi connectivity index (χ1n) is 5.53. The van der Waals surface area contributed by atoms with Crippen molar-refractivity contribution in [1.82, 2.24) is 0 Å². The zero-order valence-electron chi connectivity index (χ0n) is 9.10. The Morgan fingerprint density at radius 1 is 1.25 bits per heavy atom. The zero-order valence-corrected chi connectivity index (χ0v) is 9.10. The van der Waals surface area contributed by atoms with E-state index in [4.69, 9.17) is 0 Å². The minimum absolute atomic E-state index is 0.146. The molecule has 1 saturated heterocycles. The Labute approximate surface area is 94.9 Å². The van der Waals surface area contributed by atoms with Gasteiger partial charge < -0.3 is 15.3 Å². The monoisotopic (exact) mass is 220 g/mol. The van der Waals surface area contributed by atoms with Gasteiger partial charge in [-0.15, -0.1) is 0 Å². The molecule has 0 saturated carbocycles. The molecule has 2 N–H and O–H groups in total. The molecule has 1 aliphatic rings. The summed E-state index contributed by atoms with van der Waals surface area (Å²) in [6.07, 6.45) is 2.18. The Kier molecular flexibility index (Phi) is 3.41. The van der Waals surface area contributed by atoms with Gasteiger partial charge in [-0.25, -0.2) is 0 Å². The molecule has 0 bridgehead atoms. The lowest BCUT2D eigenvalue weighted by Gasteiger charge is -2.31. The lowest BCUT2D eigenvalue weighted by molar-refractivity contribution is -0.105. The number of amides is 1. The van der Waals surface area contributed by atoms with Crippen LogP contribution >= 0.6 is 0 Å². The van der Waals surface area contributed by atoms with Gasteiger partial charge in [0, 0.05) is 24.5 Å². The van der Waals surface area contributed by atoms with Gasteiger partial charge in [0.25, 0.3) is 0 Å². The third kappa shape index (κ3) is 2.52. The van der Waals surface area contributed by atoms with Gasteiger partial charge >= 0.3 is 0 Å². The van der Waals surface area contributed by atoms with Gasteiger partial charge in [0.05, 0.1) is 6.10 Å². The van der Waals surface area contributed by atoms with Crippen LogP contribution in [0.5, 0.6) is 0 Å². The van der Waals surface area contributed by atoms with Gasteiger partial charge in [-0.05, 0) is 37.1 Å². The molecule has 1 aliphatic heterocycles. The lowest BCUT2D eigenvalue weighted by atomic mass is 10.1. The van der Waals surface area contributed by atoms with Crippen LogP contribution in [0.25, 0.3) is 0 Å². The fourth-order valence-electron chi connectivity index (χ4n) is 1.96. The van der Waals surface area contributed by atoms with Crippen LogP contribution in [0.3, 0.4) is 0 Å². The van der Waals surface area contributed by atoms with Crippen LogP contribution in [0.1, 0.15) is 12.8 Å². The van der Waals surface area contributed by atoms with E-state index < -0.39 is 0 Å². The second-order valence-electron chi connectivity index (χ2n) is 4.03. The summed E-state index contributed by atoms with van der Waals surface area (Å²) in [5, 5.41) is 12.0. The number of aliphatic hydroxyl groups is 1. The van der Waals surface area contributed by atoms with Crippen molar-refractivity contribution in [3.8, 4) is 0 Å². The molecular weight excluding hydrogens is 204 g/mol. The summed E-state index contributed by atoms with van der Waals surface area (Å²) in [6.45, 7) is 1.78. The lowest BCUT2D eigenvalue weighted by Crippen LogP contribution is -2.35. The number of aliphatic hydroxyl groups excluding tert-OH is 1. The molecule has 1 fully saturated rings. The van der Waals surface area contributed by atoms with E-state index in [1.54, 1.807) is 0 Å². The molecule has 4 heteroatoms. The maximum Gasteiger partial charge on any atom is 0.211 e. The quantitative estimate of drug-likeness (QED) is 0.753. The first-order valence-corrected chi connectivity index (χ1v) is 5.53. The van der Waals surface area contributed by atoms with Gasteiger partial charge in [-0.3, -0.25) is 4.79 Å². The minimum Gasteiger partial charge on any atom is -0.393 e. The highest BCUT2D eigenvalue weighted by Gasteiger charge is 2.16. The average molecular weight is 220 g/mol. The molecule has 1 heterocycles. The summed E-state index contributed by atoms with van der Waals surface area (Å²) in [5.74, 6) is 0. The number of nitrogens with one attached hydrogen (secondary N) is 1. The van der Waals surface area contributed by atoms with Crippen LogP contribution in [-0.2, 0) is 4.79 Å². The summed E-state index contributed by atoms with van der Waals surface area (Å²) in [5.41, 5.74) is 1.94. The molecule has 1 aromatic rings. The number of hydrogen-bond acceptors (Lipinski definition) is 3. The second kappa shape index (κ2) is 4.99. The molecule has 0 radical (unpaired) electrons. The molecule has 16 heavy (non-hydrogen) atoms. The SMILES string of the molecule is O=CNc1ccc(N2CCC(O)CC2)cc1. The third-order valence-electron chi connectivity index (χ3n) is 2.92. The predicted octanol–water partition coefficient (Wildman–Crippen LogP) is 1.22. The van der Waals surface area contributed by atoms with Gasteiger partial charge in [-0.1, -0.05) is 0 Å². The number of hydrogen-bond donors (Lipinski definition) is 2. The molecule has 86 valence electrons. The van der Waals surface area contributed by atoms with E-state index in [2.05, 4.69) is 10.2 Å². The molecule has 0 aromatic heterocycles. The Hall–Kier alpha value is -1.55. The number of piperidine rings is 1. The van der Waals surface area contributed by atoms with Gasteiger partial charge in [0.15, 0.2) is 0 Å². The van der Waals surface area contributed by atoms with Gasteiger partial charge in [-0.2, -0.15) is 0 Å². The summed E-state index contributed by atoms with van der Waals surface area (Å²) in [7, 11) is 0. The Morgan fingerprint density at radius 3 is 2.44 bits per heavy atom. The van der Waals surface area contributed by atoms with Crippen molar-refractivity contribution in [1.29, 1.82) is 0 Å². The van der Waals surface area contributed by atoms with Gasteiger partial charge in [0.1, 0.15) is 0 Å². The van der Waals surface area contributed by atoms with E-state index >= 15 is 0 Å². The number of nitrogens with zero attached hydrogens (tertiary/aromatic N) is 1. The fourth-order valence-corrected chi connectivity index (χ4v) is 1.96. The standard InChI is InChI=1S/C12H16N2O2/c15-9-13-10-1-3-11(4-2-10)14-7-5-12(16)6-8-14/h1-4,9,12,16H,5-8H2,(H,13,15).